The van der Waals surface area contributed by atoms with Gasteiger partial charge in [-0.15, -0.1) is 0 Å². The van der Waals surface area contributed by atoms with Crippen LogP contribution in [-0.2, 0) is 17.8 Å². The lowest BCUT2D eigenvalue weighted by atomic mass is 9.93. The second-order valence-electron chi connectivity index (χ2n) is 5.02. The summed E-state index contributed by atoms with van der Waals surface area (Å²) in [4.78, 5) is 11.7. The standard InChI is InChI=1S/C14H22N2O2/c1-2-3-7-15-14(18)10-16-8-11-5-4-6-13(17)12(11)9-16/h8-9,13,17H,2-7,10H2,1H3,(H,15,18). The van der Waals surface area contributed by atoms with Gasteiger partial charge in [-0.25, -0.2) is 0 Å². The minimum atomic E-state index is -0.349. The molecule has 1 aliphatic carbocycles. The van der Waals surface area contributed by atoms with E-state index in [9.17, 15) is 9.90 Å². The van der Waals surface area contributed by atoms with E-state index in [2.05, 4.69) is 12.2 Å². The molecule has 1 heterocycles. The van der Waals surface area contributed by atoms with Crippen LogP contribution in [0.1, 0.15) is 49.8 Å². The highest BCUT2D eigenvalue weighted by Crippen LogP contribution is 2.29. The molecular formula is C14H22N2O2. The van der Waals surface area contributed by atoms with Crippen LogP contribution in [0.4, 0.5) is 0 Å². The van der Waals surface area contributed by atoms with Crippen LogP contribution in [0, 0.1) is 0 Å². The number of hydrogen-bond acceptors (Lipinski definition) is 2. The Morgan fingerprint density at radius 1 is 1.56 bits per heavy atom. The highest BCUT2D eigenvalue weighted by atomic mass is 16.3. The molecule has 0 radical (unpaired) electrons. The molecule has 100 valence electrons. The van der Waals surface area contributed by atoms with Gasteiger partial charge in [0.25, 0.3) is 0 Å². The number of carbonyl (C=O) groups is 1. The first-order chi connectivity index (χ1) is 8.70. The van der Waals surface area contributed by atoms with Gasteiger partial charge >= 0.3 is 0 Å². The number of hydrogen-bond donors (Lipinski definition) is 2. The molecule has 0 bridgehead atoms. The van der Waals surface area contributed by atoms with E-state index >= 15 is 0 Å². The van der Waals surface area contributed by atoms with Gasteiger partial charge in [-0.05, 0) is 31.2 Å². The van der Waals surface area contributed by atoms with Gasteiger partial charge in [-0.3, -0.25) is 4.79 Å². The third-order valence-corrected chi connectivity index (χ3v) is 3.46. The number of rotatable bonds is 5. The maximum Gasteiger partial charge on any atom is 0.239 e. The number of aryl methyl sites for hydroxylation is 1. The topological polar surface area (TPSA) is 54.3 Å². The molecule has 4 heteroatoms. The zero-order valence-corrected chi connectivity index (χ0v) is 11.0. The molecule has 2 rings (SSSR count). The molecular weight excluding hydrogens is 228 g/mol. The fourth-order valence-corrected chi connectivity index (χ4v) is 2.44. The molecule has 2 N–H and O–H groups in total. The van der Waals surface area contributed by atoms with Gasteiger partial charge in [0.05, 0.1) is 6.10 Å². The average Bonchev–Trinajstić information content (AvgIpc) is 2.73. The molecule has 1 aromatic heterocycles. The molecule has 18 heavy (non-hydrogen) atoms. The summed E-state index contributed by atoms with van der Waals surface area (Å²) in [7, 11) is 0. The van der Waals surface area contributed by atoms with Crippen molar-refractivity contribution in [2.75, 3.05) is 6.54 Å². The molecule has 1 atom stereocenters. The number of nitrogens with zero attached hydrogens (tertiary/aromatic N) is 1. The van der Waals surface area contributed by atoms with E-state index in [-0.39, 0.29) is 12.0 Å². The van der Waals surface area contributed by atoms with Crippen LogP contribution in [0.3, 0.4) is 0 Å². The summed E-state index contributed by atoms with van der Waals surface area (Å²) in [5, 5.41) is 12.8. The summed E-state index contributed by atoms with van der Waals surface area (Å²) in [5.74, 6) is 0.0466. The molecule has 0 fully saturated rings. The predicted octanol–water partition coefficient (Wildman–Crippen LogP) is 1.77. The van der Waals surface area contributed by atoms with E-state index in [0.29, 0.717) is 6.54 Å². The minimum Gasteiger partial charge on any atom is -0.388 e. The number of aliphatic hydroxyl groups excluding tert-OH is 1. The molecule has 0 saturated carbocycles. The first-order valence-corrected chi connectivity index (χ1v) is 6.84. The lowest BCUT2D eigenvalue weighted by Gasteiger charge is -2.16. The largest absolute Gasteiger partial charge is 0.388 e. The average molecular weight is 250 g/mol. The van der Waals surface area contributed by atoms with E-state index in [0.717, 1.165) is 44.2 Å². The van der Waals surface area contributed by atoms with Crippen LogP contribution in [0.25, 0.3) is 0 Å². The SMILES string of the molecule is CCCCNC(=O)Cn1cc2c(c1)C(O)CCC2. The van der Waals surface area contributed by atoms with Crippen molar-refractivity contribution in [3.63, 3.8) is 0 Å². The first kappa shape index (κ1) is 13.1. The van der Waals surface area contributed by atoms with Crippen molar-refractivity contribution in [2.24, 2.45) is 0 Å². The fraction of sp³-hybridized carbons (Fsp3) is 0.643. The zero-order valence-electron chi connectivity index (χ0n) is 11.0. The van der Waals surface area contributed by atoms with Crippen molar-refractivity contribution in [1.29, 1.82) is 0 Å². The van der Waals surface area contributed by atoms with Crippen molar-refractivity contribution in [1.82, 2.24) is 9.88 Å². The van der Waals surface area contributed by atoms with Crippen LogP contribution in [0.2, 0.25) is 0 Å². The van der Waals surface area contributed by atoms with E-state index in [1.54, 1.807) is 0 Å². The fourth-order valence-electron chi connectivity index (χ4n) is 2.44. The van der Waals surface area contributed by atoms with Gasteiger partial charge in [0.2, 0.25) is 5.91 Å². The van der Waals surface area contributed by atoms with Crippen molar-refractivity contribution in [2.45, 2.75) is 51.7 Å². The Hall–Kier alpha value is -1.29. The monoisotopic (exact) mass is 250 g/mol. The van der Waals surface area contributed by atoms with Crippen LogP contribution in [0.5, 0.6) is 0 Å². The third kappa shape index (κ3) is 3.13. The summed E-state index contributed by atoms with van der Waals surface area (Å²) in [6, 6.07) is 0. The molecule has 0 spiro atoms. The van der Waals surface area contributed by atoms with Crippen LogP contribution in [0.15, 0.2) is 12.4 Å². The lowest BCUT2D eigenvalue weighted by Crippen LogP contribution is -2.27. The molecule has 1 aromatic rings. The Morgan fingerprint density at radius 2 is 2.39 bits per heavy atom. The second-order valence-corrected chi connectivity index (χ2v) is 5.02. The number of amides is 1. The number of aliphatic hydroxyl groups is 1. The number of fused-ring (bicyclic) bond motifs is 1. The number of carbonyl (C=O) groups excluding carboxylic acids is 1. The van der Waals surface area contributed by atoms with Gasteiger partial charge in [0.1, 0.15) is 6.54 Å². The Kier molecular flexibility index (Phi) is 4.42. The molecule has 1 unspecified atom stereocenters. The quantitative estimate of drug-likeness (QED) is 0.783. The van der Waals surface area contributed by atoms with Gasteiger partial charge < -0.3 is 15.0 Å². The Bertz CT molecular complexity index is 412. The summed E-state index contributed by atoms with van der Waals surface area (Å²) in [6.07, 6.45) is 8.54. The predicted molar refractivity (Wildman–Crippen MR) is 70.2 cm³/mol. The Labute approximate surface area is 108 Å². The zero-order chi connectivity index (χ0) is 13.0. The van der Waals surface area contributed by atoms with Crippen LogP contribution >= 0.6 is 0 Å². The van der Waals surface area contributed by atoms with Crippen molar-refractivity contribution in [3.8, 4) is 0 Å². The summed E-state index contributed by atoms with van der Waals surface area (Å²) in [6.45, 7) is 3.20. The first-order valence-electron chi connectivity index (χ1n) is 6.84. The van der Waals surface area contributed by atoms with Gasteiger partial charge in [-0.2, -0.15) is 0 Å². The molecule has 4 nitrogen and oxygen atoms in total. The van der Waals surface area contributed by atoms with Crippen molar-refractivity contribution in [3.05, 3.63) is 23.5 Å². The van der Waals surface area contributed by atoms with E-state index in [1.165, 1.54) is 5.56 Å². The highest BCUT2D eigenvalue weighted by molar-refractivity contribution is 5.75. The summed E-state index contributed by atoms with van der Waals surface area (Å²) < 4.78 is 1.89. The minimum absolute atomic E-state index is 0.0466. The number of unbranched alkanes of at least 4 members (excludes halogenated alkanes) is 1. The smallest absolute Gasteiger partial charge is 0.239 e. The van der Waals surface area contributed by atoms with Crippen molar-refractivity contribution < 1.29 is 9.90 Å². The third-order valence-electron chi connectivity index (χ3n) is 3.46. The second kappa shape index (κ2) is 6.05. The molecule has 0 saturated heterocycles. The summed E-state index contributed by atoms with van der Waals surface area (Å²) in [5.41, 5.74) is 2.19. The van der Waals surface area contributed by atoms with Crippen LogP contribution in [-0.4, -0.2) is 22.1 Å². The van der Waals surface area contributed by atoms with Crippen molar-refractivity contribution >= 4 is 5.91 Å². The van der Waals surface area contributed by atoms with Crippen LogP contribution < -0.4 is 5.32 Å². The Balaban J connectivity index is 1.92. The number of nitrogens with one attached hydrogen (secondary N) is 1. The highest BCUT2D eigenvalue weighted by Gasteiger charge is 2.20. The van der Waals surface area contributed by atoms with E-state index in [4.69, 9.17) is 0 Å². The number of aromatic nitrogens is 1. The Morgan fingerprint density at radius 3 is 3.11 bits per heavy atom. The lowest BCUT2D eigenvalue weighted by molar-refractivity contribution is -0.121. The van der Waals surface area contributed by atoms with E-state index < -0.39 is 0 Å². The maximum absolute atomic E-state index is 11.7. The summed E-state index contributed by atoms with van der Waals surface area (Å²) >= 11 is 0. The normalized spacial score (nSPS) is 18.4. The maximum atomic E-state index is 11.7. The van der Waals surface area contributed by atoms with E-state index in [1.807, 2.05) is 17.0 Å². The van der Waals surface area contributed by atoms with Gasteiger partial charge in [-0.1, -0.05) is 13.3 Å². The van der Waals surface area contributed by atoms with Gasteiger partial charge in [0.15, 0.2) is 0 Å². The molecule has 0 aromatic carbocycles. The molecule has 1 aliphatic rings. The molecule has 0 aliphatic heterocycles. The van der Waals surface area contributed by atoms with Gasteiger partial charge in [0, 0.05) is 24.5 Å². The molecule has 1 amide bonds.